The minimum absolute atomic E-state index is 0.0907. The van der Waals surface area contributed by atoms with Gasteiger partial charge < -0.3 is 15.1 Å². The first kappa shape index (κ1) is 25.1. The van der Waals surface area contributed by atoms with Crippen molar-refractivity contribution in [1.82, 2.24) is 14.2 Å². The maximum atomic E-state index is 13.6. The molecule has 0 bridgehead atoms. The molecule has 0 unspecified atom stereocenters. The second-order valence-corrected chi connectivity index (χ2v) is 11.6. The van der Waals surface area contributed by atoms with E-state index in [2.05, 4.69) is 15.2 Å². The van der Waals surface area contributed by atoms with Gasteiger partial charge in [0, 0.05) is 58.1 Å². The lowest BCUT2D eigenvalue weighted by Crippen LogP contribution is -2.42. The van der Waals surface area contributed by atoms with E-state index >= 15 is 0 Å². The molecule has 1 aromatic carbocycles. The van der Waals surface area contributed by atoms with Gasteiger partial charge in [0.05, 0.1) is 10.5 Å². The summed E-state index contributed by atoms with van der Waals surface area (Å²) < 4.78 is 26.6. The Morgan fingerprint density at radius 3 is 2.34 bits per heavy atom. The molecule has 3 heterocycles. The van der Waals surface area contributed by atoms with Crippen LogP contribution in [0.3, 0.4) is 0 Å². The molecule has 0 aliphatic carbocycles. The largest absolute Gasteiger partial charge is 0.371 e. The van der Waals surface area contributed by atoms with E-state index in [1.807, 2.05) is 19.1 Å². The standard InChI is InChI=1S/C25H33N5O4S/c1-18-8-11-26-23(16-18)27-24(31)19-9-14-30(15-10-19)25(32)21-17-20(35(33,34)28(2)3)6-7-22(21)29-12-4-5-13-29/h6-8,11,16-17,19H,4-5,9-10,12-15H2,1-3H3,(H,26,27,31). The zero-order valence-corrected chi connectivity index (χ0v) is 21.3. The summed E-state index contributed by atoms with van der Waals surface area (Å²) in [4.78, 5) is 34.5. The van der Waals surface area contributed by atoms with Crippen molar-refractivity contribution in [3.05, 3.63) is 47.7 Å². The third-order valence-electron chi connectivity index (χ3n) is 6.74. The van der Waals surface area contributed by atoms with Crippen LogP contribution in [0.2, 0.25) is 0 Å². The second kappa shape index (κ2) is 10.3. The van der Waals surface area contributed by atoms with Crippen LogP contribution in [0.15, 0.2) is 41.4 Å². The molecule has 10 heteroatoms. The number of rotatable bonds is 6. The minimum atomic E-state index is -3.67. The van der Waals surface area contributed by atoms with Gasteiger partial charge in [-0.3, -0.25) is 9.59 Å². The molecule has 2 aromatic rings. The van der Waals surface area contributed by atoms with Gasteiger partial charge in [-0.05, 0) is 68.5 Å². The van der Waals surface area contributed by atoms with Gasteiger partial charge in [0.2, 0.25) is 15.9 Å². The number of aromatic nitrogens is 1. The number of hydrogen-bond donors (Lipinski definition) is 1. The topological polar surface area (TPSA) is 103 Å². The van der Waals surface area contributed by atoms with Gasteiger partial charge in [-0.1, -0.05) is 0 Å². The highest BCUT2D eigenvalue weighted by Crippen LogP contribution is 2.30. The van der Waals surface area contributed by atoms with Crippen molar-refractivity contribution in [2.75, 3.05) is 50.5 Å². The Morgan fingerprint density at radius 2 is 1.71 bits per heavy atom. The Bertz CT molecular complexity index is 1200. The summed E-state index contributed by atoms with van der Waals surface area (Å²) in [5.74, 6) is 0.0384. The average molecular weight is 500 g/mol. The Balaban J connectivity index is 1.50. The van der Waals surface area contributed by atoms with E-state index < -0.39 is 10.0 Å². The first-order valence-corrected chi connectivity index (χ1v) is 13.4. The molecule has 2 fully saturated rings. The van der Waals surface area contributed by atoms with Gasteiger partial charge in [-0.15, -0.1) is 0 Å². The smallest absolute Gasteiger partial charge is 0.256 e. The van der Waals surface area contributed by atoms with E-state index in [4.69, 9.17) is 0 Å². The maximum absolute atomic E-state index is 13.6. The molecule has 0 atom stereocenters. The van der Waals surface area contributed by atoms with Crippen LogP contribution in [0.25, 0.3) is 0 Å². The minimum Gasteiger partial charge on any atom is -0.371 e. The number of carbonyl (C=O) groups is 2. The number of likely N-dealkylation sites (tertiary alicyclic amines) is 1. The fraction of sp³-hybridized carbons (Fsp3) is 0.480. The molecule has 188 valence electrons. The first-order chi connectivity index (χ1) is 16.7. The third kappa shape index (κ3) is 5.48. The molecular formula is C25H33N5O4S. The molecule has 2 amide bonds. The van der Waals surface area contributed by atoms with Crippen LogP contribution in [0.1, 0.15) is 41.6 Å². The molecule has 35 heavy (non-hydrogen) atoms. The van der Waals surface area contributed by atoms with E-state index in [-0.39, 0.29) is 22.6 Å². The van der Waals surface area contributed by atoms with Gasteiger partial charge in [0.1, 0.15) is 5.82 Å². The molecule has 1 N–H and O–H groups in total. The summed E-state index contributed by atoms with van der Waals surface area (Å²) >= 11 is 0. The SMILES string of the molecule is Cc1ccnc(NC(=O)C2CCN(C(=O)c3cc(S(=O)(=O)N(C)C)ccc3N3CCCC3)CC2)c1. The van der Waals surface area contributed by atoms with E-state index in [9.17, 15) is 18.0 Å². The molecule has 2 saturated heterocycles. The van der Waals surface area contributed by atoms with Gasteiger partial charge in [-0.25, -0.2) is 17.7 Å². The lowest BCUT2D eigenvalue weighted by Gasteiger charge is -2.32. The van der Waals surface area contributed by atoms with Gasteiger partial charge in [0.15, 0.2) is 0 Å². The van der Waals surface area contributed by atoms with Crippen LogP contribution < -0.4 is 10.2 Å². The number of amides is 2. The number of pyridine rings is 1. The Labute approximate surface area is 207 Å². The number of piperidine rings is 1. The van der Waals surface area contributed by atoms with Crippen LogP contribution in [-0.2, 0) is 14.8 Å². The average Bonchev–Trinajstić information content (AvgIpc) is 3.38. The van der Waals surface area contributed by atoms with Crippen molar-refractivity contribution in [3.8, 4) is 0 Å². The summed E-state index contributed by atoms with van der Waals surface area (Å²) in [5.41, 5.74) is 2.19. The second-order valence-electron chi connectivity index (χ2n) is 9.43. The van der Waals surface area contributed by atoms with Gasteiger partial charge in [-0.2, -0.15) is 0 Å². The van der Waals surface area contributed by atoms with Crippen LogP contribution in [0, 0.1) is 12.8 Å². The molecule has 0 spiro atoms. The normalized spacial score (nSPS) is 17.1. The maximum Gasteiger partial charge on any atom is 0.256 e. The number of anilines is 2. The lowest BCUT2D eigenvalue weighted by molar-refractivity contribution is -0.121. The van der Waals surface area contributed by atoms with Crippen LogP contribution in [-0.4, -0.2) is 74.7 Å². The zero-order chi connectivity index (χ0) is 25.2. The van der Waals surface area contributed by atoms with Crippen molar-refractivity contribution in [3.63, 3.8) is 0 Å². The monoisotopic (exact) mass is 499 g/mol. The van der Waals surface area contributed by atoms with Gasteiger partial charge in [0.25, 0.3) is 5.91 Å². The molecule has 2 aliphatic heterocycles. The van der Waals surface area contributed by atoms with Crippen molar-refractivity contribution in [1.29, 1.82) is 0 Å². The highest BCUT2D eigenvalue weighted by atomic mass is 32.2. The summed E-state index contributed by atoms with van der Waals surface area (Å²) in [6, 6.07) is 8.54. The highest BCUT2D eigenvalue weighted by molar-refractivity contribution is 7.89. The summed E-state index contributed by atoms with van der Waals surface area (Å²) in [6.45, 7) is 4.49. The predicted octanol–water partition coefficient (Wildman–Crippen LogP) is 2.73. The molecular weight excluding hydrogens is 466 g/mol. The fourth-order valence-corrected chi connectivity index (χ4v) is 5.57. The number of carbonyl (C=O) groups excluding carboxylic acids is 2. The van der Waals surface area contributed by atoms with Crippen molar-refractivity contribution >= 4 is 33.3 Å². The number of nitrogens with zero attached hydrogens (tertiary/aromatic N) is 4. The van der Waals surface area contributed by atoms with Crippen LogP contribution in [0.5, 0.6) is 0 Å². The molecule has 0 radical (unpaired) electrons. The number of hydrogen-bond acceptors (Lipinski definition) is 6. The van der Waals surface area contributed by atoms with Crippen LogP contribution in [0.4, 0.5) is 11.5 Å². The van der Waals surface area contributed by atoms with E-state index in [0.717, 1.165) is 41.5 Å². The van der Waals surface area contributed by atoms with E-state index in [1.165, 1.54) is 20.2 Å². The molecule has 0 saturated carbocycles. The molecule has 9 nitrogen and oxygen atoms in total. The van der Waals surface area contributed by atoms with Crippen molar-refractivity contribution < 1.29 is 18.0 Å². The lowest BCUT2D eigenvalue weighted by atomic mass is 9.95. The summed E-state index contributed by atoms with van der Waals surface area (Å²) in [6.07, 6.45) is 4.83. The number of benzene rings is 1. The predicted molar refractivity (Wildman–Crippen MR) is 135 cm³/mol. The fourth-order valence-electron chi connectivity index (χ4n) is 4.64. The number of sulfonamides is 1. The first-order valence-electron chi connectivity index (χ1n) is 12.0. The number of aryl methyl sites for hydroxylation is 1. The highest BCUT2D eigenvalue weighted by Gasteiger charge is 2.31. The quantitative estimate of drug-likeness (QED) is 0.656. The summed E-state index contributed by atoms with van der Waals surface area (Å²) in [5, 5.41) is 2.88. The molecule has 2 aliphatic rings. The van der Waals surface area contributed by atoms with Crippen molar-refractivity contribution in [2.24, 2.45) is 5.92 Å². The van der Waals surface area contributed by atoms with E-state index in [0.29, 0.717) is 37.3 Å². The third-order valence-corrected chi connectivity index (χ3v) is 8.55. The van der Waals surface area contributed by atoms with Crippen LogP contribution >= 0.6 is 0 Å². The zero-order valence-electron chi connectivity index (χ0n) is 20.5. The van der Waals surface area contributed by atoms with E-state index in [1.54, 1.807) is 23.2 Å². The molecule has 4 rings (SSSR count). The Morgan fingerprint density at radius 1 is 1.03 bits per heavy atom. The summed E-state index contributed by atoms with van der Waals surface area (Å²) in [7, 11) is -0.713. The Kier molecular flexibility index (Phi) is 7.42. The Hall–Kier alpha value is -2.98. The van der Waals surface area contributed by atoms with Crippen molar-refractivity contribution in [2.45, 2.75) is 37.5 Å². The number of nitrogens with one attached hydrogen (secondary N) is 1. The van der Waals surface area contributed by atoms with Gasteiger partial charge >= 0.3 is 0 Å². The molecule has 1 aromatic heterocycles.